The van der Waals surface area contributed by atoms with Crippen molar-refractivity contribution in [2.45, 2.75) is 33.2 Å². The van der Waals surface area contributed by atoms with Gasteiger partial charge in [-0.2, -0.15) is 0 Å². The van der Waals surface area contributed by atoms with Crippen LogP contribution in [0.3, 0.4) is 0 Å². The van der Waals surface area contributed by atoms with Crippen LogP contribution in [0.25, 0.3) is 0 Å². The molecule has 2 rings (SSSR count). The van der Waals surface area contributed by atoms with Gasteiger partial charge in [0.15, 0.2) is 5.69 Å². The Labute approximate surface area is 120 Å². The van der Waals surface area contributed by atoms with Crippen LogP contribution in [0.15, 0.2) is 12.3 Å². The third kappa shape index (κ3) is 3.30. The molecule has 0 spiro atoms. The van der Waals surface area contributed by atoms with Gasteiger partial charge in [0.05, 0.1) is 6.04 Å². The minimum atomic E-state index is -1.06. The number of hydrogen-bond acceptors (Lipinski definition) is 6. The van der Waals surface area contributed by atoms with E-state index < -0.39 is 5.97 Å². The lowest BCUT2D eigenvalue weighted by molar-refractivity contribution is 0.0690. The molecule has 0 bridgehead atoms. The first-order valence-electron chi connectivity index (χ1n) is 6.29. The van der Waals surface area contributed by atoms with Gasteiger partial charge < -0.3 is 10.4 Å². The molecular formula is C13H16N4O2S. The molecule has 0 aliphatic heterocycles. The Hall–Kier alpha value is -2.02. The van der Waals surface area contributed by atoms with E-state index in [2.05, 4.69) is 27.2 Å². The number of aromatic carboxylic acids is 1. The minimum absolute atomic E-state index is 0.0133. The smallest absolute Gasteiger partial charge is 0.354 e. The van der Waals surface area contributed by atoms with E-state index in [1.54, 1.807) is 18.3 Å². The molecule has 0 aliphatic rings. The molecule has 0 saturated heterocycles. The summed E-state index contributed by atoms with van der Waals surface area (Å²) in [4.78, 5) is 24.7. The lowest BCUT2D eigenvalue weighted by atomic mass is 10.3. The summed E-state index contributed by atoms with van der Waals surface area (Å²) in [6, 6.07) is 1.38. The first-order valence-corrected chi connectivity index (χ1v) is 7.11. The lowest BCUT2D eigenvalue weighted by Crippen LogP contribution is -2.12. The normalized spacial score (nSPS) is 12.2. The van der Waals surface area contributed by atoms with Crippen molar-refractivity contribution >= 4 is 23.3 Å². The highest BCUT2D eigenvalue weighted by Gasteiger charge is 2.14. The Morgan fingerprint density at radius 2 is 2.25 bits per heavy atom. The first kappa shape index (κ1) is 14.4. The molecule has 0 saturated carbocycles. The second-order valence-electron chi connectivity index (χ2n) is 4.41. The van der Waals surface area contributed by atoms with Crippen LogP contribution in [0.4, 0.5) is 5.95 Å². The van der Waals surface area contributed by atoms with E-state index in [-0.39, 0.29) is 11.7 Å². The molecule has 20 heavy (non-hydrogen) atoms. The van der Waals surface area contributed by atoms with Crippen molar-refractivity contribution in [2.24, 2.45) is 0 Å². The highest BCUT2D eigenvalue weighted by atomic mass is 32.1. The molecule has 2 N–H and O–H groups in total. The highest BCUT2D eigenvalue weighted by molar-refractivity contribution is 7.11. The number of rotatable bonds is 5. The van der Waals surface area contributed by atoms with Gasteiger partial charge in [-0.3, -0.25) is 0 Å². The lowest BCUT2D eigenvalue weighted by Gasteiger charge is -2.11. The number of nitrogens with one attached hydrogen (secondary N) is 1. The molecule has 2 aromatic heterocycles. The maximum absolute atomic E-state index is 11.0. The standard InChI is InChI=1S/C13H16N4O2S/c1-4-9-6-14-11(20-9)8(3)16-13-15-7(2)5-10(17-13)12(18)19/h5-6,8H,4H2,1-3H3,(H,18,19)(H,15,16,17). The number of nitrogens with zero attached hydrogens (tertiary/aromatic N) is 3. The van der Waals surface area contributed by atoms with E-state index in [9.17, 15) is 4.79 Å². The Balaban J connectivity index is 2.18. The van der Waals surface area contributed by atoms with Gasteiger partial charge in [0, 0.05) is 16.8 Å². The Bertz CT molecular complexity index is 627. The van der Waals surface area contributed by atoms with Gasteiger partial charge >= 0.3 is 5.97 Å². The summed E-state index contributed by atoms with van der Waals surface area (Å²) in [7, 11) is 0. The molecule has 2 aromatic rings. The molecule has 2 heterocycles. The fraction of sp³-hybridized carbons (Fsp3) is 0.385. The molecule has 1 atom stereocenters. The number of carboxylic acid groups (broad SMARTS) is 1. The van der Waals surface area contributed by atoms with Crippen LogP contribution in [0, 0.1) is 6.92 Å². The number of carbonyl (C=O) groups is 1. The quantitative estimate of drug-likeness (QED) is 0.881. The maximum atomic E-state index is 11.0. The van der Waals surface area contributed by atoms with Gasteiger partial charge in [-0.1, -0.05) is 6.92 Å². The van der Waals surface area contributed by atoms with Crippen molar-refractivity contribution in [1.29, 1.82) is 0 Å². The second kappa shape index (κ2) is 5.96. The van der Waals surface area contributed by atoms with Gasteiger partial charge in [-0.05, 0) is 26.3 Å². The number of aryl methyl sites for hydroxylation is 2. The van der Waals surface area contributed by atoms with E-state index in [1.165, 1.54) is 10.9 Å². The Kier molecular flexibility index (Phi) is 4.29. The molecule has 1 unspecified atom stereocenters. The SMILES string of the molecule is CCc1cnc(C(C)Nc2nc(C)cc(C(=O)O)n2)s1. The predicted molar refractivity (Wildman–Crippen MR) is 77.3 cm³/mol. The summed E-state index contributed by atoms with van der Waals surface area (Å²) in [5.74, 6) is -0.753. The zero-order valence-electron chi connectivity index (χ0n) is 11.5. The van der Waals surface area contributed by atoms with Crippen LogP contribution in [0.5, 0.6) is 0 Å². The van der Waals surface area contributed by atoms with Crippen molar-refractivity contribution in [2.75, 3.05) is 5.32 Å². The summed E-state index contributed by atoms with van der Waals surface area (Å²) >= 11 is 1.63. The Morgan fingerprint density at radius 3 is 2.85 bits per heavy atom. The van der Waals surface area contributed by atoms with Gasteiger partial charge in [0.2, 0.25) is 5.95 Å². The molecule has 6 nitrogen and oxygen atoms in total. The predicted octanol–water partition coefficient (Wildman–Crippen LogP) is 2.68. The van der Waals surface area contributed by atoms with Gasteiger partial charge in [-0.25, -0.2) is 19.7 Å². The molecule has 0 fully saturated rings. The van der Waals surface area contributed by atoms with Crippen molar-refractivity contribution in [3.05, 3.63) is 33.5 Å². The number of aromatic nitrogens is 3. The summed E-state index contributed by atoms with van der Waals surface area (Å²) in [5.41, 5.74) is 0.598. The largest absolute Gasteiger partial charge is 0.477 e. The topological polar surface area (TPSA) is 88.0 Å². The monoisotopic (exact) mass is 292 g/mol. The van der Waals surface area contributed by atoms with Crippen molar-refractivity contribution in [3.63, 3.8) is 0 Å². The summed E-state index contributed by atoms with van der Waals surface area (Å²) in [6.07, 6.45) is 2.81. The molecule has 7 heteroatoms. The summed E-state index contributed by atoms with van der Waals surface area (Å²) in [5, 5.41) is 13.0. The average Bonchev–Trinajstić information content (AvgIpc) is 2.86. The zero-order valence-corrected chi connectivity index (χ0v) is 12.4. The van der Waals surface area contributed by atoms with Gasteiger partial charge in [-0.15, -0.1) is 11.3 Å². The van der Waals surface area contributed by atoms with Crippen LogP contribution in [-0.2, 0) is 6.42 Å². The maximum Gasteiger partial charge on any atom is 0.354 e. The van der Waals surface area contributed by atoms with Crippen LogP contribution >= 0.6 is 11.3 Å². The molecule has 0 aromatic carbocycles. The van der Waals surface area contributed by atoms with Gasteiger partial charge in [0.25, 0.3) is 0 Å². The Morgan fingerprint density at radius 1 is 1.50 bits per heavy atom. The van der Waals surface area contributed by atoms with Crippen molar-refractivity contribution < 1.29 is 9.90 Å². The number of anilines is 1. The number of carboxylic acids is 1. The van der Waals surface area contributed by atoms with E-state index in [0.29, 0.717) is 11.6 Å². The number of thiazole rings is 1. The van der Waals surface area contributed by atoms with E-state index in [4.69, 9.17) is 5.11 Å². The first-order chi connectivity index (χ1) is 9.49. The molecule has 0 aliphatic carbocycles. The highest BCUT2D eigenvalue weighted by Crippen LogP contribution is 2.22. The van der Waals surface area contributed by atoms with Crippen molar-refractivity contribution in [1.82, 2.24) is 15.0 Å². The second-order valence-corrected chi connectivity index (χ2v) is 5.55. The molecule has 0 radical (unpaired) electrons. The fourth-order valence-corrected chi connectivity index (χ4v) is 2.54. The third-order valence-electron chi connectivity index (χ3n) is 2.71. The minimum Gasteiger partial charge on any atom is -0.477 e. The summed E-state index contributed by atoms with van der Waals surface area (Å²) in [6.45, 7) is 5.77. The van der Waals surface area contributed by atoms with Crippen LogP contribution in [0.2, 0.25) is 0 Å². The van der Waals surface area contributed by atoms with Crippen LogP contribution in [0.1, 0.15) is 46.0 Å². The average molecular weight is 292 g/mol. The van der Waals surface area contributed by atoms with Crippen LogP contribution < -0.4 is 5.32 Å². The zero-order chi connectivity index (χ0) is 14.7. The molecule has 106 valence electrons. The van der Waals surface area contributed by atoms with E-state index >= 15 is 0 Å². The third-order valence-corrected chi connectivity index (χ3v) is 4.03. The molecule has 0 amide bonds. The molecular weight excluding hydrogens is 276 g/mol. The number of hydrogen-bond donors (Lipinski definition) is 2. The van der Waals surface area contributed by atoms with E-state index in [1.807, 2.05) is 13.1 Å². The fourth-order valence-electron chi connectivity index (χ4n) is 1.68. The van der Waals surface area contributed by atoms with Crippen LogP contribution in [-0.4, -0.2) is 26.0 Å². The summed E-state index contributed by atoms with van der Waals surface area (Å²) < 4.78 is 0. The van der Waals surface area contributed by atoms with E-state index in [0.717, 1.165) is 11.4 Å². The van der Waals surface area contributed by atoms with Gasteiger partial charge in [0.1, 0.15) is 5.01 Å². The van der Waals surface area contributed by atoms with Crippen molar-refractivity contribution in [3.8, 4) is 0 Å².